The highest BCUT2D eigenvalue weighted by molar-refractivity contribution is 9.10. The van der Waals surface area contributed by atoms with Crippen LogP contribution < -0.4 is 10.1 Å². The van der Waals surface area contributed by atoms with E-state index in [-0.39, 0.29) is 6.04 Å². The van der Waals surface area contributed by atoms with Crippen LogP contribution in [0.1, 0.15) is 35.2 Å². The minimum absolute atomic E-state index is 0.284. The third-order valence-corrected chi connectivity index (χ3v) is 4.61. The lowest BCUT2D eigenvalue weighted by molar-refractivity contribution is 0.411. The molecule has 2 nitrogen and oxygen atoms in total. The molecular formula is C18H22BrNO. The van der Waals surface area contributed by atoms with Crippen molar-refractivity contribution in [2.75, 3.05) is 7.11 Å². The van der Waals surface area contributed by atoms with Gasteiger partial charge in [-0.15, -0.1) is 0 Å². The van der Waals surface area contributed by atoms with Crippen LogP contribution in [0, 0.1) is 13.8 Å². The molecule has 1 unspecified atom stereocenters. The lowest BCUT2D eigenvalue weighted by atomic mass is 10.0. The Labute approximate surface area is 135 Å². The topological polar surface area (TPSA) is 21.3 Å². The Morgan fingerprint density at radius 2 is 1.95 bits per heavy atom. The van der Waals surface area contributed by atoms with Gasteiger partial charge in [0, 0.05) is 12.6 Å². The summed E-state index contributed by atoms with van der Waals surface area (Å²) in [7, 11) is 1.68. The van der Waals surface area contributed by atoms with Crippen LogP contribution in [0.5, 0.6) is 5.75 Å². The van der Waals surface area contributed by atoms with Crippen molar-refractivity contribution in [3.63, 3.8) is 0 Å². The van der Waals surface area contributed by atoms with Gasteiger partial charge in [0.2, 0.25) is 0 Å². The van der Waals surface area contributed by atoms with E-state index in [4.69, 9.17) is 4.74 Å². The first-order chi connectivity index (χ1) is 10.0. The Morgan fingerprint density at radius 3 is 2.62 bits per heavy atom. The molecule has 2 rings (SSSR count). The SMILES string of the molecule is COc1ccc(C(C)NCc2cccc(C)c2C)cc1Br. The largest absolute Gasteiger partial charge is 0.496 e. The van der Waals surface area contributed by atoms with Crippen molar-refractivity contribution in [1.29, 1.82) is 0 Å². The summed E-state index contributed by atoms with van der Waals surface area (Å²) in [6.45, 7) is 7.39. The summed E-state index contributed by atoms with van der Waals surface area (Å²) in [6.07, 6.45) is 0. The summed E-state index contributed by atoms with van der Waals surface area (Å²) in [5.41, 5.74) is 5.31. The van der Waals surface area contributed by atoms with Crippen LogP contribution in [0.3, 0.4) is 0 Å². The van der Waals surface area contributed by atoms with Crippen molar-refractivity contribution in [3.8, 4) is 5.75 Å². The number of ether oxygens (including phenoxy) is 1. The molecule has 2 aromatic carbocycles. The monoisotopic (exact) mass is 347 g/mol. The zero-order valence-electron chi connectivity index (χ0n) is 13.0. The van der Waals surface area contributed by atoms with Gasteiger partial charge in [0.25, 0.3) is 0 Å². The summed E-state index contributed by atoms with van der Waals surface area (Å²) in [5, 5.41) is 3.59. The molecule has 2 aromatic rings. The molecule has 0 amide bonds. The Kier molecular flexibility index (Phi) is 5.43. The molecule has 0 aromatic heterocycles. The van der Waals surface area contributed by atoms with E-state index in [0.717, 1.165) is 16.8 Å². The number of rotatable bonds is 5. The normalized spacial score (nSPS) is 12.2. The molecule has 0 bridgehead atoms. The fourth-order valence-corrected chi connectivity index (χ4v) is 2.89. The van der Waals surface area contributed by atoms with Crippen LogP contribution in [-0.4, -0.2) is 7.11 Å². The molecule has 0 aliphatic heterocycles. The van der Waals surface area contributed by atoms with Gasteiger partial charge in [0.05, 0.1) is 11.6 Å². The summed E-state index contributed by atoms with van der Waals surface area (Å²) < 4.78 is 6.26. The first-order valence-electron chi connectivity index (χ1n) is 7.15. The van der Waals surface area contributed by atoms with Crippen molar-refractivity contribution in [2.24, 2.45) is 0 Å². The third kappa shape index (κ3) is 3.86. The number of hydrogen-bond acceptors (Lipinski definition) is 2. The second-order valence-electron chi connectivity index (χ2n) is 5.36. The number of nitrogens with one attached hydrogen (secondary N) is 1. The molecule has 0 aliphatic carbocycles. The van der Waals surface area contributed by atoms with Gasteiger partial charge in [0.15, 0.2) is 0 Å². The maximum Gasteiger partial charge on any atom is 0.133 e. The summed E-state index contributed by atoms with van der Waals surface area (Å²) >= 11 is 3.54. The number of halogens is 1. The predicted molar refractivity (Wildman–Crippen MR) is 91.9 cm³/mol. The van der Waals surface area contributed by atoms with Gasteiger partial charge in [-0.2, -0.15) is 0 Å². The standard InChI is InChI=1S/C18H22BrNO/c1-12-6-5-7-16(13(12)2)11-20-14(3)15-8-9-18(21-4)17(19)10-15/h5-10,14,20H,11H2,1-4H3. The number of benzene rings is 2. The van der Waals surface area contributed by atoms with Crippen LogP contribution in [0.15, 0.2) is 40.9 Å². The third-order valence-electron chi connectivity index (χ3n) is 3.99. The van der Waals surface area contributed by atoms with E-state index in [1.54, 1.807) is 7.11 Å². The van der Waals surface area contributed by atoms with E-state index < -0.39 is 0 Å². The molecule has 0 saturated heterocycles. The molecule has 0 radical (unpaired) electrons. The summed E-state index contributed by atoms with van der Waals surface area (Å²) in [5.74, 6) is 0.862. The van der Waals surface area contributed by atoms with Gasteiger partial charge >= 0.3 is 0 Å². The summed E-state index contributed by atoms with van der Waals surface area (Å²) in [4.78, 5) is 0. The lowest BCUT2D eigenvalue weighted by Gasteiger charge is -2.17. The van der Waals surface area contributed by atoms with Crippen molar-refractivity contribution < 1.29 is 4.74 Å². The lowest BCUT2D eigenvalue weighted by Crippen LogP contribution is -2.18. The van der Waals surface area contributed by atoms with E-state index in [2.05, 4.69) is 72.3 Å². The van der Waals surface area contributed by atoms with E-state index in [9.17, 15) is 0 Å². The highest BCUT2D eigenvalue weighted by atomic mass is 79.9. The number of aryl methyl sites for hydroxylation is 1. The van der Waals surface area contributed by atoms with Crippen molar-refractivity contribution in [2.45, 2.75) is 33.4 Å². The maximum absolute atomic E-state index is 5.27. The first kappa shape index (κ1) is 16.1. The van der Waals surface area contributed by atoms with E-state index in [1.165, 1.54) is 22.3 Å². The molecular weight excluding hydrogens is 326 g/mol. The fraction of sp³-hybridized carbons (Fsp3) is 0.333. The van der Waals surface area contributed by atoms with Gasteiger partial charge in [-0.25, -0.2) is 0 Å². The number of methoxy groups -OCH3 is 1. The molecule has 1 N–H and O–H groups in total. The van der Waals surface area contributed by atoms with E-state index in [1.807, 2.05) is 6.07 Å². The Balaban J connectivity index is 2.06. The Morgan fingerprint density at radius 1 is 1.19 bits per heavy atom. The maximum atomic E-state index is 5.27. The Hall–Kier alpha value is -1.32. The molecule has 21 heavy (non-hydrogen) atoms. The van der Waals surface area contributed by atoms with Crippen molar-refractivity contribution >= 4 is 15.9 Å². The van der Waals surface area contributed by atoms with E-state index in [0.29, 0.717) is 0 Å². The molecule has 0 fully saturated rings. The van der Waals surface area contributed by atoms with Crippen LogP contribution in [0.25, 0.3) is 0 Å². The Bertz CT molecular complexity index is 625. The van der Waals surface area contributed by atoms with E-state index >= 15 is 0 Å². The predicted octanol–water partition coefficient (Wildman–Crippen LogP) is 4.93. The molecule has 112 valence electrons. The second kappa shape index (κ2) is 7.10. The van der Waals surface area contributed by atoms with Crippen molar-refractivity contribution in [1.82, 2.24) is 5.32 Å². The van der Waals surface area contributed by atoms with Gasteiger partial charge in [-0.05, 0) is 71.1 Å². The fourth-order valence-electron chi connectivity index (χ4n) is 2.34. The average Bonchev–Trinajstić information content (AvgIpc) is 2.48. The zero-order chi connectivity index (χ0) is 15.4. The quantitative estimate of drug-likeness (QED) is 0.828. The molecule has 1 atom stereocenters. The highest BCUT2D eigenvalue weighted by Gasteiger charge is 2.09. The zero-order valence-corrected chi connectivity index (χ0v) is 14.6. The molecule has 0 heterocycles. The van der Waals surface area contributed by atoms with Crippen LogP contribution in [0.4, 0.5) is 0 Å². The number of hydrogen-bond donors (Lipinski definition) is 1. The second-order valence-corrected chi connectivity index (χ2v) is 6.21. The molecule has 3 heteroatoms. The molecule has 0 spiro atoms. The van der Waals surface area contributed by atoms with Crippen LogP contribution >= 0.6 is 15.9 Å². The van der Waals surface area contributed by atoms with Crippen LogP contribution in [-0.2, 0) is 6.54 Å². The minimum Gasteiger partial charge on any atom is -0.496 e. The van der Waals surface area contributed by atoms with Gasteiger partial charge in [-0.3, -0.25) is 0 Å². The van der Waals surface area contributed by atoms with Crippen LogP contribution in [0.2, 0.25) is 0 Å². The average molecular weight is 348 g/mol. The van der Waals surface area contributed by atoms with Gasteiger partial charge < -0.3 is 10.1 Å². The highest BCUT2D eigenvalue weighted by Crippen LogP contribution is 2.28. The van der Waals surface area contributed by atoms with Crippen molar-refractivity contribution in [3.05, 3.63) is 63.1 Å². The first-order valence-corrected chi connectivity index (χ1v) is 7.94. The summed E-state index contributed by atoms with van der Waals surface area (Å²) in [6, 6.07) is 13.0. The molecule has 0 aliphatic rings. The minimum atomic E-state index is 0.284. The van der Waals surface area contributed by atoms with Gasteiger partial charge in [0.1, 0.15) is 5.75 Å². The smallest absolute Gasteiger partial charge is 0.133 e. The van der Waals surface area contributed by atoms with Gasteiger partial charge in [-0.1, -0.05) is 24.3 Å². The molecule has 0 saturated carbocycles.